The second-order valence-corrected chi connectivity index (χ2v) is 13.4. The van der Waals surface area contributed by atoms with Crippen molar-refractivity contribution in [1.82, 2.24) is 10.2 Å². The molecule has 0 heterocycles. The van der Waals surface area contributed by atoms with Crippen molar-refractivity contribution in [2.45, 2.75) is 55.6 Å². The number of carbonyl (C=O) groups excluding carboxylic acids is 2. The Bertz CT molecular complexity index is 1730. The van der Waals surface area contributed by atoms with E-state index >= 15 is 0 Å². The largest absolute Gasteiger partial charge is 0.493 e. The zero-order valence-electron chi connectivity index (χ0n) is 26.7. The molecule has 0 saturated heterocycles. The van der Waals surface area contributed by atoms with E-state index < -0.39 is 28.5 Å². The molecule has 1 fully saturated rings. The van der Waals surface area contributed by atoms with Crippen LogP contribution in [0.3, 0.4) is 0 Å². The summed E-state index contributed by atoms with van der Waals surface area (Å²) in [5, 5.41) is 3.19. The van der Waals surface area contributed by atoms with Gasteiger partial charge in [-0.25, -0.2) is 8.42 Å². The molecule has 0 spiro atoms. The van der Waals surface area contributed by atoms with E-state index in [1.807, 2.05) is 60.7 Å². The van der Waals surface area contributed by atoms with E-state index in [4.69, 9.17) is 9.47 Å². The fourth-order valence-corrected chi connectivity index (χ4v) is 7.36. The van der Waals surface area contributed by atoms with Gasteiger partial charge < -0.3 is 19.7 Å². The summed E-state index contributed by atoms with van der Waals surface area (Å²) in [6.45, 7) is -0.442. The molecule has 4 aromatic carbocycles. The number of rotatable bonds is 14. The lowest BCUT2D eigenvalue weighted by Gasteiger charge is -2.34. The topological polar surface area (TPSA) is 105 Å². The molecule has 0 aromatic heterocycles. The van der Waals surface area contributed by atoms with Crippen molar-refractivity contribution >= 4 is 27.5 Å². The number of hydrogen-bond donors (Lipinski definition) is 1. The molecule has 246 valence electrons. The summed E-state index contributed by atoms with van der Waals surface area (Å²) in [7, 11) is -1.28. The third kappa shape index (κ3) is 8.31. The van der Waals surface area contributed by atoms with E-state index in [1.54, 1.807) is 30.3 Å². The van der Waals surface area contributed by atoms with E-state index in [0.29, 0.717) is 11.5 Å². The van der Waals surface area contributed by atoms with Crippen LogP contribution in [0.4, 0.5) is 5.69 Å². The minimum Gasteiger partial charge on any atom is -0.493 e. The van der Waals surface area contributed by atoms with Crippen molar-refractivity contribution in [3.63, 3.8) is 0 Å². The standard InChI is InChI=1S/C37H41N3O6S/c1-45-34-23-22-31(25-35(34)46-2)40(47(43,44)32-20-10-5-11-21-32)27-36(41)39(26-29-16-8-4-9-17-29)33(24-28-14-6-3-7-15-28)37(42)38-30-18-12-13-19-30/h3-11,14-17,20-23,25,30,33H,12-13,18-19,24,26-27H2,1-2H3,(H,38,42)/t33-/m1/s1. The molecule has 4 aromatic rings. The third-order valence-electron chi connectivity index (χ3n) is 8.43. The van der Waals surface area contributed by atoms with Crippen molar-refractivity contribution in [2.24, 2.45) is 0 Å². The number of methoxy groups -OCH3 is 2. The fourth-order valence-electron chi connectivity index (χ4n) is 5.93. The molecule has 0 bridgehead atoms. The fraction of sp³-hybridized carbons (Fsp3) is 0.297. The number of nitrogens with zero attached hydrogens (tertiary/aromatic N) is 2. The van der Waals surface area contributed by atoms with E-state index in [-0.39, 0.29) is 35.5 Å². The summed E-state index contributed by atoms with van der Waals surface area (Å²) in [5.41, 5.74) is 1.92. The minimum absolute atomic E-state index is 0.0250. The van der Waals surface area contributed by atoms with Gasteiger partial charge in [0.05, 0.1) is 24.8 Å². The summed E-state index contributed by atoms with van der Waals surface area (Å²) in [4.78, 5) is 30.3. The van der Waals surface area contributed by atoms with Crippen LogP contribution in [0.25, 0.3) is 0 Å². The molecule has 1 saturated carbocycles. The summed E-state index contributed by atoms with van der Waals surface area (Å²) in [5.74, 6) is -0.0548. The molecule has 1 aliphatic rings. The lowest BCUT2D eigenvalue weighted by molar-refractivity contribution is -0.140. The molecule has 1 atom stereocenters. The van der Waals surface area contributed by atoms with Crippen LogP contribution in [0.1, 0.15) is 36.8 Å². The first-order valence-electron chi connectivity index (χ1n) is 15.8. The van der Waals surface area contributed by atoms with Gasteiger partial charge in [-0.3, -0.25) is 13.9 Å². The predicted molar refractivity (Wildman–Crippen MR) is 182 cm³/mol. The van der Waals surface area contributed by atoms with Crippen LogP contribution in [0, 0.1) is 0 Å². The SMILES string of the molecule is COc1ccc(N(CC(=O)N(Cc2ccccc2)[C@H](Cc2ccccc2)C(=O)NC2CCCC2)S(=O)(=O)c2ccccc2)cc1OC. The smallest absolute Gasteiger partial charge is 0.264 e. The molecule has 2 amide bonds. The maximum atomic E-state index is 14.6. The van der Waals surface area contributed by atoms with Crippen LogP contribution < -0.4 is 19.1 Å². The van der Waals surface area contributed by atoms with Crippen LogP contribution in [0.2, 0.25) is 0 Å². The first-order valence-corrected chi connectivity index (χ1v) is 17.2. The Morgan fingerprint density at radius 2 is 1.36 bits per heavy atom. The first kappa shape index (κ1) is 33.5. The minimum atomic E-state index is -4.23. The maximum absolute atomic E-state index is 14.6. The molecule has 0 radical (unpaired) electrons. The van der Waals surface area contributed by atoms with Gasteiger partial charge >= 0.3 is 0 Å². The van der Waals surface area contributed by atoms with Gasteiger partial charge in [-0.15, -0.1) is 0 Å². The van der Waals surface area contributed by atoms with Crippen molar-refractivity contribution in [3.05, 3.63) is 120 Å². The number of amides is 2. The van der Waals surface area contributed by atoms with Crippen molar-refractivity contribution in [3.8, 4) is 11.5 Å². The summed E-state index contributed by atoms with van der Waals surface area (Å²) in [6.07, 6.45) is 4.12. The first-order chi connectivity index (χ1) is 22.8. The molecular weight excluding hydrogens is 614 g/mol. The second-order valence-electron chi connectivity index (χ2n) is 11.6. The maximum Gasteiger partial charge on any atom is 0.264 e. The van der Waals surface area contributed by atoms with Gasteiger partial charge in [-0.2, -0.15) is 0 Å². The van der Waals surface area contributed by atoms with Crippen LogP contribution in [0.15, 0.2) is 114 Å². The summed E-state index contributed by atoms with van der Waals surface area (Å²) < 4.78 is 40.4. The van der Waals surface area contributed by atoms with Gasteiger partial charge in [0, 0.05) is 25.1 Å². The number of nitrogens with one attached hydrogen (secondary N) is 1. The lowest BCUT2D eigenvalue weighted by Crippen LogP contribution is -2.54. The Hall–Kier alpha value is -4.83. The highest BCUT2D eigenvalue weighted by atomic mass is 32.2. The van der Waals surface area contributed by atoms with Crippen molar-refractivity contribution in [2.75, 3.05) is 25.1 Å². The average molecular weight is 656 g/mol. The normalized spacial score (nSPS) is 13.8. The predicted octanol–water partition coefficient (Wildman–Crippen LogP) is 5.60. The summed E-state index contributed by atoms with van der Waals surface area (Å²) >= 11 is 0. The molecule has 47 heavy (non-hydrogen) atoms. The number of ether oxygens (including phenoxy) is 2. The van der Waals surface area contributed by atoms with Crippen molar-refractivity contribution < 1.29 is 27.5 Å². The van der Waals surface area contributed by atoms with Gasteiger partial charge in [-0.05, 0) is 48.2 Å². The monoisotopic (exact) mass is 655 g/mol. The van der Waals surface area contributed by atoms with Crippen molar-refractivity contribution in [1.29, 1.82) is 0 Å². The Kier molecular flexibility index (Phi) is 11.2. The lowest BCUT2D eigenvalue weighted by atomic mass is 10.0. The van der Waals surface area contributed by atoms with Gasteiger partial charge in [0.25, 0.3) is 10.0 Å². The molecule has 9 nitrogen and oxygen atoms in total. The zero-order valence-corrected chi connectivity index (χ0v) is 27.6. The molecule has 0 unspecified atom stereocenters. The van der Waals surface area contributed by atoms with Gasteiger partial charge in [0.1, 0.15) is 12.6 Å². The molecular formula is C37H41N3O6S. The molecule has 5 rings (SSSR count). The Labute approximate surface area is 277 Å². The molecule has 1 aliphatic carbocycles. The van der Waals surface area contributed by atoms with E-state index in [9.17, 15) is 18.0 Å². The van der Waals surface area contributed by atoms with E-state index in [0.717, 1.165) is 41.1 Å². The average Bonchev–Trinajstić information content (AvgIpc) is 3.62. The highest BCUT2D eigenvalue weighted by Crippen LogP contribution is 2.34. The zero-order chi connectivity index (χ0) is 33.2. The third-order valence-corrected chi connectivity index (χ3v) is 10.2. The van der Waals surface area contributed by atoms with Crippen LogP contribution in [0.5, 0.6) is 11.5 Å². The Balaban J connectivity index is 1.57. The summed E-state index contributed by atoms with van der Waals surface area (Å²) in [6, 6.07) is 30.8. The Morgan fingerprint density at radius 3 is 1.96 bits per heavy atom. The second kappa shape index (κ2) is 15.6. The van der Waals surface area contributed by atoms with Crippen LogP contribution in [-0.2, 0) is 32.6 Å². The van der Waals surface area contributed by atoms with E-state index in [2.05, 4.69) is 5.32 Å². The van der Waals surface area contributed by atoms with Crippen LogP contribution >= 0.6 is 0 Å². The van der Waals surface area contributed by atoms with Gasteiger partial charge in [-0.1, -0.05) is 91.7 Å². The molecule has 0 aliphatic heterocycles. The highest BCUT2D eigenvalue weighted by Gasteiger charge is 2.35. The number of hydrogen-bond acceptors (Lipinski definition) is 6. The number of benzene rings is 4. The number of anilines is 1. The highest BCUT2D eigenvalue weighted by molar-refractivity contribution is 7.92. The van der Waals surface area contributed by atoms with Gasteiger partial charge in [0.15, 0.2) is 11.5 Å². The van der Waals surface area contributed by atoms with Gasteiger partial charge in [0.2, 0.25) is 11.8 Å². The number of carbonyl (C=O) groups is 2. The molecule has 10 heteroatoms. The number of sulfonamides is 1. The molecule has 1 N–H and O–H groups in total. The van der Waals surface area contributed by atoms with Crippen LogP contribution in [-0.4, -0.2) is 58.0 Å². The van der Waals surface area contributed by atoms with E-state index in [1.165, 1.54) is 37.3 Å². The quantitative estimate of drug-likeness (QED) is 0.190. The Morgan fingerprint density at radius 1 is 0.787 bits per heavy atom.